The maximum Gasteiger partial charge on any atom is 0.308 e. The number of guanidine groups is 1. The molecule has 0 bridgehead atoms. The van der Waals surface area contributed by atoms with Crippen molar-refractivity contribution in [2.75, 3.05) is 40.4 Å². The van der Waals surface area contributed by atoms with Crippen molar-refractivity contribution in [1.82, 2.24) is 10.2 Å². The molecular formula is C17H32IN3O3. The number of ether oxygens (including phenoxy) is 2. The van der Waals surface area contributed by atoms with Crippen LogP contribution in [0.2, 0.25) is 0 Å². The van der Waals surface area contributed by atoms with Crippen LogP contribution in [0.3, 0.4) is 0 Å². The molecule has 6 nitrogen and oxygen atoms in total. The number of esters is 1. The Labute approximate surface area is 162 Å². The average molecular weight is 453 g/mol. The number of nitrogens with one attached hydrogen (secondary N) is 1. The number of rotatable bonds is 6. The number of nitrogens with zero attached hydrogens (tertiary/aromatic N) is 2. The molecular weight excluding hydrogens is 421 g/mol. The molecule has 2 aliphatic rings. The van der Waals surface area contributed by atoms with E-state index in [1.807, 2.05) is 7.05 Å². The van der Waals surface area contributed by atoms with Gasteiger partial charge in [-0.25, -0.2) is 0 Å². The molecule has 1 aliphatic carbocycles. The lowest BCUT2D eigenvalue weighted by Crippen LogP contribution is -2.47. The van der Waals surface area contributed by atoms with Crippen molar-refractivity contribution in [3.8, 4) is 0 Å². The van der Waals surface area contributed by atoms with Crippen LogP contribution in [0.1, 0.15) is 44.9 Å². The molecule has 1 aliphatic heterocycles. The highest BCUT2D eigenvalue weighted by molar-refractivity contribution is 14.0. The van der Waals surface area contributed by atoms with Gasteiger partial charge in [-0.2, -0.15) is 0 Å². The molecule has 1 heterocycles. The number of hydrogen-bond donors (Lipinski definition) is 1. The second kappa shape index (κ2) is 11.9. The van der Waals surface area contributed by atoms with Crippen LogP contribution in [0.25, 0.3) is 0 Å². The lowest BCUT2D eigenvalue weighted by molar-refractivity contribution is -0.146. The molecule has 2 rings (SSSR count). The van der Waals surface area contributed by atoms with Gasteiger partial charge in [-0.3, -0.25) is 9.79 Å². The maximum absolute atomic E-state index is 11.6. The molecule has 0 radical (unpaired) electrons. The molecule has 1 saturated heterocycles. The number of piperidine rings is 1. The summed E-state index contributed by atoms with van der Waals surface area (Å²) in [7, 11) is 3.27. The largest absolute Gasteiger partial charge is 0.469 e. The van der Waals surface area contributed by atoms with Crippen LogP contribution < -0.4 is 5.32 Å². The minimum atomic E-state index is -0.0864. The van der Waals surface area contributed by atoms with Gasteiger partial charge < -0.3 is 19.7 Å². The molecule has 24 heavy (non-hydrogen) atoms. The molecule has 0 unspecified atom stereocenters. The number of halogens is 1. The Morgan fingerprint density at radius 3 is 2.46 bits per heavy atom. The molecule has 7 heteroatoms. The number of likely N-dealkylation sites (tertiary alicyclic amines) is 1. The predicted octanol–water partition coefficient (Wildman–Crippen LogP) is 2.41. The number of aliphatic imine (C=N–C) groups is 1. The zero-order valence-corrected chi connectivity index (χ0v) is 17.3. The minimum Gasteiger partial charge on any atom is -0.469 e. The minimum absolute atomic E-state index is 0. The molecule has 1 N–H and O–H groups in total. The average Bonchev–Trinajstić information content (AvgIpc) is 3.11. The van der Waals surface area contributed by atoms with E-state index in [2.05, 4.69) is 15.2 Å². The summed E-state index contributed by atoms with van der Waals surface area (Å²) in [5, 5.41) is 3.40. The van der Waals surface area contributed by atoms with Crippen molar-refractivity contribution in [2.24, 2.45) is 10.9 Å². The van der Waals surface area contributed by atoms with E-state index in [0.29, 0.717) is 6.10 Å². The molecule has 0 aromatic carbocycles. The molecule has 1 saturated carbocycles. The van der Waals surface area contributed by atoms with E-state index in [1.165, 1.54) is 32.8 Å². The van der Waals surface area contributed by atoms with E-state index < -0.39 is 0 Å². The Bertz CT molecular complexity index is 393. The van der Waals surface area contributed by atoms with E-state index in [1.54, 1.807) is 0 Å². The van der Waals surface area contributed by atoms with Gasteiger partial charge in [-0.05, 0) is 32.1 Å². The monoisotopic (exact) mass is 453 g/mol. The Morgan fingerprint density at radius 1 is 1.21 bits per heavy atom. The van der Waals surface area contributed by atoms with Gasteiger partial charge in [0.25, 0.3) is 0 Å². The lowest BCUT2D eigenvalue weighted by atomic mass is 9.97. The Hall–Kier alpha value is -0.570. The number of carbonyl (C=O) groups is 1. The summed E-state index contributed by atoms with van der Waals surface area (Å²) in [6.45, 7) is 3.38. The highest BCUT2D eigenvalue weighted by atomic mass is 127. The quantitative estimate of drug-likeness (QED) is 0.220. The van der Waals surface area contributed by atoms with Gasteiger partial charge in [0.15, 0.2) is 5.96 Å². The van der Waals surface area contributed by atoms with Crippen molar-refractivity contribution >= 4 is 35.9 Å². The van der Waals surface area contributed by atoms with Gasteiger partial charge in [0.05, 0.1) is 19.1 Å². The van der Waals surface area contributed by atoms with Crippen LogP contribution in [-0.4, -0.2) is 63.3 Å². The fourth-order valence-corrected chi connectivity index (χ4v) is 3.40. The zero-order chi connectivity index (χ0) is 16.5. The summed E-state index contributed by atoms with van der Waals surface area (Å²) in [6, 6.07) is 0. The summed E-state index contributed by atoms with van der Waals surface area (Å²) in [5.74, 6) is 0.875. The van der Waals surface area contributed by atoms with Crippen LogP contribution in [0.15, 0.2) is 4.99 Å². The van der Waals surface area contributed by atoms with Crippen LogP contribution in [0, 0.1) is 5.92 Å². The first-order valence-electron chi connectivity index (χ1n) is 8.89. The third-order valence-corrected chi connectivity index (χ3v) is 4.80. The molecule has 0 aromatic rings. The summed E-state index contributed by atoms with van der Waals surface area (Å²) in [6.07, 6.45) is 8.24. The van der Waals surface area contributed by atoms with Crippen molar-refractivity contribution < 1.29 is 14.3 Å². The van der Waals surface area contributed by atoms with Crippen molar-refractivity contribution in [1.29, 1.82) is 0 Å². The molecule has 0 atom stereocenters. The number of methoxy groups -OCH3 is 1. The summed E-state index contributed by atoms with van der Waals surface area (Å²) in [5.41, 5.74) is 0. The predicted molar refractivity (Wildman–Crippen MR) is 106 cm³/mol. The third-order valence-electron chi connectivity index (χ3n) is 4.80. The first-order valence-corrected chi connectivity index (χ1v) is 8.89. The van der Waals surface area contributed by atoms with E-state index >= 15 is 0 Å². The summed E-state index contributed by atoms with van der Waals surface area (Å²) >= 11 is 0. The molecule has 2 fully saturated rings. The topological polar surface area (TPSA) is 63.2 Å². The SMILES string of the molecule is CN=C(NCCCOC1CCCC1)N1CCC(C(=O)OC)CC1.I. The number of hydrogen-bond acceptors (Lipinski definition) is 4. The Morgan fingerprint density at radius 2 is 1.88 bits per heavy atom. The summed E-state index contributed by atoms with van der Waals surface area (Å²) in [4.78, 5) is 18.1. The van der Waals surface area contributed by atoms with Gasteiger partial charge in [-0.1, -0.05) is 12.8 Å². The second-order valence-corrected chi connectivity index (χ2v) is 6.39. The van der Waals surface area contributed by atoms with Crippen molar-refractivity contribution in [3.05, 3.63) is 0 Å². The maximum atomic E-state index is 11.6. The van der Waals surface area contributed by atoms with Crippen LogP contribution >= 0.6 is 24.0 Å². The van der Waals surface area contributed by atoms with Gasteiger partial charge in [0.2, 0.25) is 0 Å². The number of carbonyl (C=O) groups excluding carboxylic acids is 1. The fourth-order valence-electron chi connectivity index (χ4n) is 3.40. The Balaban J connectivity index is 0.00000288. The zero-order valence-electron chi connectivity index (χ0n) is 15.0. The van der Waals surface area contributed by atoms with Crippen molar-refractivity contribution in [3.63, 3.8) is 0 Å². The lowest BCUT2D eigenvalue weighted by Gasteiger charge is -2.33. The standard InChI is InChI=1S/C17H31N3O3.HI/c1-18-17(19-10-5-13-23-15-6-3-4-7-15)20-11-8-14(9-12-20)16(21)22-2;/h14-15H,3-13H2,1-2H3,(H,18,19);1H. The first kappa shape index (κ1) is 21.5. The van der Waals surface area contributed by atoms with E-state index in [9.17, 15) is 4.79 Å². The molecule has 0 aromatic heterocycles. The fraction of sp³-hybridized carbons (Fsp3) is 0.882. The van der Waals surface area contributed by atoms with Crippen LogP contribution in [0.4, 0.5) is 0 Å². The Kier molecular flexibility index (Phi) is 10.6. The second-order valence-electron chi connectivity index (χ2n) is 6.39. The third kappa shape index (κ3) is 6.74. The normalized spacial score (nSPS) is 19.9. The molecule has 140 valence electrons. The van der Waals surface area contributed by atoms with Crippen LogP contribution in [-0.2, 0) is 14.3 Å². The highest BCUT2D eigenvalue weighted by Gasteiger charge is 2.26. The van der Waals surface area contributed by atoms with Gasteiger partial charge >= 0.3 is 5.97 Å². The first-order chi connectivity index (χ1) is 11.2. The van der Waals surface area contributed by atoms with Gasteiger partial charge in [0, 0.05) is 33.3 Å². The van der Waals surface area contributed by atoms with E-state index in [0.717, 1.165) is 51.5 Å². The van der Waals surface area contributed by atoms with Gasteiger partial charge in [-0.15, -0.1) is 24.0 Å². The van der Waals surface area contributed by atoms with Gasteiger partial charge in [0.1, 0.15) is 0 Å². The van der Waals surface area contributed by atoms with E-state index in [-0.39, 0.29) is 35.9 Å². The molecule has 0 spiro atoms. The summed E-state index contributed by atoms with van der Waals surface area (Å²) < 4.78 is 10.7. The molecule has 0 amide bonds. The highest BCUT2D eigenvalue weighted by Crippen LogP contribution is 2.21. The van der Waals surface area contributed by atoms with Crippen molar-refractivity contribution in [2.45, 2.75) is 51.0 Å². The van der Waals surface area contributed by atoms with E-state index in [4.69, 9.17) is 9.47 Å². The van der Waals surface area contributed by atoms with Crippen LogP contribution in [0.5, 0.6) is 0 Å². The smallest absolute Gasteiger partial charge is 0.308 e.